The summed E-state index contributed by atoms with van der Waals surface area (Å²) in [4.78, 5) is 23.6. The van der Waals surface area contributed by atoms with Gasteiger partial charge in [-0.2, -0.15) is 22.8 Å². The summed E-state index contributed by atoms with van der Waals surface area (Å²) >= 11 is 0. The van der Waals surface area contributed by atoms with E-state index in [0.717, 1.165) is 25.0 Å². The van der Waals surface area contributed by atoms with Gasteiger partial charge >= 0.3 is 12.3 Å². The van der Waals surface area contributed by atoms with Crippen LogP contribution in [0.2, 0.25) is 0 Å². The van der Waals surface area contributed by atoms with E-state index in [1.54, 1.807) is 30.6 Å². The number of nitriles is 1. The zero-order chi connectivity index (χ0) is 29.7. The lowest BCUT2D eigenvalue weighted by atomic mass is 9.79. The molecule has 2 fully saturated rings. The summed E-state index contributed by atoms with van der Waals surface area (Å²) in [6.07, 6.45) is -2.58. The second-order valence-corrected chi connectivity index (χ2v) is 11.1. The first kappa shape index (κ1) is 30.9. The summed E-state index contributed by atoms with van der Waals surface area (Å²) in [5.41, 5.74) is -1.67. The molecule has 0 aromatic heterocycles. The molecule has 12 heteroatoms. The molecule has 1 saturated carbocycles. The number of amides is 1. The standard InChI is InChI=1S/C28H36F4N6O2/c1-26(2,3)40-25(39)37-14-12-27(17-33,13-15-37)18-36-23(34-4)22(29)24(35-5)38(21-10-11-21)16-19-6-8-20(9-7-19)28(30,31)32/h6-9,21H,5,10-16,18H2,1-4H3,(H,34,36)/b24-22-. The van der Waals surface area contributed by atoms with Crippen LogP contribution in [0.5, 0.6) is 0 Å². The van der Waals surface area contributed by atoms with Crippen molar-refractivity contribution in [1.82, 2.24) is 15.1 Å². The number of alkyl halides is 3. The van der Waals surface area contributed by atoms with E-state index in [9.17, 15) is 23.2 Å². The van der Waals surface area contributed by atoms with Gasteiger partial charge in [-0.05, 0) is 70.9 Å². The molecule has 0 radical (unpaired) electrons. The zero-order valence-electron chi connectivity index (χ0n) is 23.3. The number of hydrogen-bond donors (Lipinski definition) is 1. The van der Waals surface area contributed by atoms with Gasteiger partial charge in [-0.15, -0.1) is 0 Å². The van der Waals surface area contributed by atoms with Crippen molar-refractivity contribution < 1.29 is 27.1 Å². The Bertz CT molecular complexity index is 1170. The topological polar surface area (TPSA) is 93.3 Å². The van der Waals surface area contributed by atoms with Gasteiger partial charge in [0.2, 0.25) is 5.83 Å². The van der Waals surface area contributed by atoms with Crippen LogP contribution < -0.4 is 5.32 Å². The van der Waals surface area contributed by atoms with Crippen molar-refractivity contribution in [2.75, 3.05) is 26.7 Å². The molecule has 3 rings (SSSR count). The van der Waals surface area contributed by atoms with E-state index >= 15 is 4.39 Å². The Hall–Kier alpha value is -3.62. The molecule has 1 aromatic carbocycles. The second-order valence-electron chi connectivity index (χ2n) is 11.1. The zero-order valence-corrected chi connectivity index (χ0v) is 23.3. The van der Waals surface area contributed by atoms with Gasteiger partial charge in [0.1, 0.15) is 5.60 Å². The maximum Gasteiger partial charge on any atom is 0.416 e. The van der Waals surface area contributed by atoms with Gasteiger partial charge in [0.15, 0.2) is 11.7 Å². The molecule has 8 nitrogen and oxygen atoms in total. The number of likely N-dealkylation sites (tertiary alicyclic amines) is 1. The fourth-order valence-electron chi connectivity index (χ4n) is 4.43. The number of carbonyl (C=O) groups excluding carboxylic acids is 1. The molecule has 1 aromatic rings. The van der Waals surface area contributed by atoms with Crippen LogP contribution in [0.15, 0.2) is 45.9 Å². The first-order valence-electron chi connectivity index (χ1n) is 13.1. The summed E-state index contributed by atoms with van der Waals surface area (Å²) in [7, 11) is 1.41. The fourth-order valence-corrected chi connectivity index (χ4v) is 4.43. The molecule has 1 heterocycles. The monoisotopic (exact) mass is 564 g/mol. The Labute approximate surface area is 232 Å². The third-order valence-corrected chi connectivity index (χ3v) is 6.88. The molecule has 1 amide bonds. The highest BCUT2D eigenvalue weighted by molar-refractivity contribution is 5.97. The normalized spacial score (nSPS) is 18.4. The number of nitrogens with one attached hydrogen (secondary N) is 1. The third kappa shape index (κ3) is 7.96. The van der Waals surface area contributed by atoms with E-state index in [-0.39, 0.29) is 30.8 Å². The summed E-state index contributed by atoms with van der Waals surface area (Å²) in [5, 5.41) is 12.9. The maximum absolute atomic E-state index is 15.8. The van der Waals surface area contributed by atoms with E-state index in [1.165, 1.54) is 19.2 Å². The summed E-state index contributed by atoms with van der Waals surface area (Å²) < 4.78 is 60.1. The Morgan fingerprint density at radius 2 is 1.82 bits per heavy atom. The molecular weight excluding hydrogens is 528 g/mol. The van der Waals surface area contributed by atoms with Gasteiger partial charge in [-0.1, -0.05) is 12.1 Å². The number of rotatable bonds is 8. The van der Waals surface area contributed by atoms with Crippen LogP contribution in [0.4, 0.5) is 22.4 Å². The largest absolute Gasteiger partial charge is 0.444 e. The molecule has 0 unspecified atom stereocenters. The van der Waals surface area contributed by atoms with Crippen LogP contribution >= 0.6 is 0 Å². The van der Waals surface area contributed by atoms with Crippen molar-refractivity contribution in [3.8, 4) is 6.07 Å². The van der Waals surface area contributed by atoms with Crippen LogP contribution in [0.3, 0.4) is 0 Å². The number of ether oxygens (including phenoxy) is 1. The number of carbonyl (C=O) groups is 1. The predicted molar refractivity (Wildman–Crippen MR) is 144 cm³/mol. The average Bonchev–Trinajstić information content (AvgIpc) is 3.73. The Morgan fingerprint density at radius 3 is 2.27 bits per heavy atom. The van der Waals surface area contributed by atoms with Crippen LogP contribution in [-0.4, -0.2) is 66.8 Å². The van der Waals surface area contributed by atoms with Crippen molar-refractivity contribution in [3.63, 3.8) is 0 Å². The molecule has 2 aliphatic rings. The number of benzene rings is 1. The van der Waals surface area contributed by atoms with Crippen molar-refractivity contribution in [1.29, 1.82) is 5.26 Å². The molecule has 40 heavy (non-hydrogen) atoms. The van der Waals surface area contributed by atoms with E-state index in [1.807, 2.05) is 0 Å². The lowest BCUT2D eigenvalue weighted by Crippen LogP contribution is -2.48. The number of aliphatic imine (C=N–C) groups is 2. The van der Waals surface area contributed by atoms with Gasteiger partial charge in [-0.25, -0.2) is 9.79 Å². The first-order valence-corrected chi connectivity index (χ1v) is 13.1. The summed E-state index contributed by atoms with van der Waals surface area (Å²) in [5.74, 6) is -0.943. The fraction of sp³-hybridized carbons (Fsp3) is 0.571. The van der Waals surface area contributed by atoms with Crippen molar-refractivity contribution in [2.45, 2.75) is 70.8 Å². The van der Waals surface area contributed by atoms with Crippen molar-refractivity contribution in [2.24, 2.45) is 15.4 Å². The average molecular weight is 565 g/mol. The summed E-state index contributed by atoms with van der Waals surface area (Å²) in [6, 6.07) is 7.02. The molecule has 0 atom stereocenters. The molecule has 1 N–H and O–H groups in total. The van der Waals surface area contributed by atoms with Gasteiger partial charge in [0, 0.05) is 39.3 Å². The van der Waals surface area contributed by atoms with Gasteiger partial charge in [0.05, 0.1) is 17.0 Å². The Morgan fingerprint density at radius 1 is 1.23 bits per heavy atom. The quantitative estimate of drug-likeness (QED) is 0.250. The Balaban J connectivity index is 1.71. The number of nitrogens with zero attached hydrogens (tertiary/aromatic N) is 5. The number of amidine groups is 1. The lowest BCUT2D eigenvalue weighted by Gasteiger charge is -2.38. The summed E-state index contributed by atoms with van der Waals surface area (Å²) in [6.45, 7) is 9.76. The molecule has 1 saturated heterocycles. The van der Waals surface area contributed by atoms with Crippen LogP contribution in [-0.2, 0) is 17.5 Å². The van der Waals surface area contributed by atoms with Crippen molar-refractivity contribution in [3.05, 3.63) is 47.0 Å². The number of halogens is 4. The van der Waals surface area contributed by atoms with Crippen LogP contribution in [0, 0.1) is 16.7 Å². The maximum atomic E-state index is 15.8. The highest BCUT2D eigenvalue weighted by Gasteiger charge is 2.38. The van der Waals surface area contributed by atoms with E-state index < -0.39 is 34.7 Å². The molecular formula is C28H36F4N6O2. The van der Waals surface area contributed by atoms with E-state index in [4.69, 9.17) is 4.74 Å². The van der Waals surface area contributed by atoms with E-state index in [2.05, 4.69) is 28.1 Å². The van der Waals surface area contributed by atoms with Crippen LogP contribution in [0.25, 0.3) is 0 Å². The smallest absolute Gasteiger partial charge is 0.416 e. The number of hydrogen-bond acceptors (Lipinski definition) is 6. The molecule has 218 valence electrons. The Kier molecular flexibility index (Phi) is 9.48. The van der Waals surface area contributed by atoms with Gasteiger partial charge in [0.25, 0.3) is 0 Å². The minimum atomic E-state index is -4.44. The molecule has 0 bridgehead atoms. The van der Waals surface area contributed by atoms with Gasteiger partial charge < -0.3 is 19.9 Å². The minimum absolute atomic E-state index is 0.0331. The first-order chi connectivity index (χ1) is 18.7. The highest BCUT2D eigenvalue weighted by Crippen LogP contribution is 2.35. The molecule has 1 aliphatic carbocycles. The van der Waals surface area contributed by atoms with E-state index in [0.29, 0.717) is 31.5 Å². The SMILES string of the molecule is C=N/C(=C(/F)C(=NC)NCC1(C#N)CCN(C(=O)OC(C)(C)C)CC1)N(Cc1ccc(C(F)(F)F)cc1)C1CC1. The van der Waals surface area contributed by atoms with Crippen molar-refractivity contribution >= 4 is 18.6 Å². The number of piperidine rings is 1. The predicted octanol–water partition coefficient (Wildman–Crippen LogP) is 5.67. The van der Waals surface area contributed by atoms with Crippen LogP contribution in [0.1, 0.15) is 57.6 Å². The lowest BCUT2D eigenvalue weighted by molar-refractivity contribution is -0.137. The minimum Gasteiger partial charge on any atom is -0.444 e. The second kappa shape index (κ2) is 12.3. The highest BCUT2D eigenvalue weighted by atomic mass is 19.4. The molecule has 0 spiro atoms. The van der Waals surface area contributed by atoms with Gasteiger partial charge in [-0.3, -0.25) is 4.99 Å². The molecule has 1 aliphatic heterocycles. The third-order valence-electron chi connectivity index (χ3n) is 6.88.